The third kappa shape index (κ3) is 4.36. The number of hydrogen-bond acceptors (Lipinski definition) is 2. The smallest absolute Gasteiger partial charge is 0.206 e. The van der Waals surface area contributed by atoms with Gasteiger partial charge in [-0.05, 0) is 18.6 Å². The van der Waals surface area contributed by atoms with Crippen LogP contribution in [0.3, 0.4) is 0 Å². The van der Waals surface area contributed by atoms with Crippen LogP contribution in [0, 0.1) is 6.92 Å². The van der Waals surface area contributed by atoms with Crippen molar-refractivity contribution in [3.05, 3.63) is 33.8 Å². The van der Waals surface area contributed by atoms with E-state index < -0.39 is 0 Å². The van der Waals surface area contributed by atoms with Crippen LogP contribution in [0.2, 0.25) is 0 Å². The molecule has 0 saturated heterocycles. The molecule has 1 nitrogen and oxygen atoms in total. The molecule has 0 aliphatic carbocycles. The van der Waals surface area contributed by atoms with Crippen molar-refractivity contribution in [3.8, 4) is 0 Å². The number of aryl methyl sites for hydroxylation is 1. The molecule has 1 heterocycles. The Morgan fingerprint density at radius 1 is 1.27 bits per heavy atom. The molecule has 0 amide bonds. The third-order valence-electron chi connectivity index (χ3n) is 2.19. The highest BCUT2D eigenvalue weighted by molar-refractivity contribution is 8.21. The number of aromatic nitrogens is 1. The van der Waals surface area contributed by atoms with Crippen LogP contribution >= 0.6 is 23.5 Å². The van der Waals surface area contributed by atoms with E-state index in [0.29, 0.717) is 0 Å². The normalized spacial score (nSPS) is 9.33. The Morgan fingerprint density at radius 2 is 1.87 bits per heavy atom. The number of nitrogens with zero attached hydrogens (tertiary/aromatic N) is 1. The Bertz CT molecular complexity index is 344. The van der Waals surface area contributed by atoms with Crippen LogP contribution in [0.4, 0.5) is 0 Å². The first-order chi connectivity index (χ1) is 6.69. The number of halogens is 1. The number of rotatable bonds is 3. The molecule has 0 aromatic carbocycles. The Hall–Kier alpha value is 0.320. The molecule has 1 aromatic heterocycles. The fourth-order valence-electron chi connectivity index (χ4n) is 1.18. The van der Waals surface area contributed by atoms with Gasteiger partial charge >= 0.3 is 0 Å². The lowest BCUT2D eigenvalue weighted by atomic mass is 10.3. The lowest BCUT2D eigenvalue weighted by Crippen LogP contribution is -3.00. The van der Waals surface area contributed by atoms with Crippen molar-refractivity contribution in [2.45, 2.75) is 6.92 Å². The Kier molecular flexibility index (Phi) is 7.73. The number of hydrogen-bond donors (Lipinski definition) is 0. The Balaban J connectivity index is 0.00000196. The minimum atomic E-state index is 0. The van der Waals surface area contributed by atoms with Gasteiger partial charge in [0.2, 0.25) is 5.69 Å². The van der Waals surface area contributed by atoms with Gasteiger partial charge in [-0.3, -0.25) is 0 Å². The van der Waals surface area contributed by atoms with E-state index in [0.717, 1.165) is 0 Å². The Labute approximate surface area is 118 Å². The van der Waals surface area contributed by atoms with Gasteiger partial charge in [-0.15, -0.1) is 23.5 Å². The molecule has 0 fully saturated rings. The van der Waals surface area contributed by atoms with Crippen LogP contribution in [-0.2, 0) is 7.05 Å². The maximum atomic E-state index is 2.22. The van der Waals surface area contributed by atoms with Gasteiger partial charge in [0.15, 0.2) is 5.69 Å². The first-order valence-electron chi connectivity index (χ1n) is 4.44. The predicted molar refractivity (Wildman–Crippen MR) is 67.4 cm³/mol. The molecule has 1 aromatic rings. The molecule has 1 rings (SSSR count). The molecule has 0 radical (unpaired) electrons. The quantitative estimate of drug-likeness (QED) is 0.550. The zero-order valence-electron chi connectivity index (χ0n) is 9.45. The summed E-state index contributed by atoms with van der Waals surface area (Å²) in [5.74, 6) is 0. The van der Waals surface area contributed by atoms with Gasteiger partial charge in [-0.1, -0.05) is 0 Å². The van der Waals surface area contributed by atoms with Crippen molar-refractivity contribution >= 4 is 29.6 Å². The van der Waals surface area contributed by atoms with Crippen LogP contribution in [0.1, 0.15) is 11.4 Å². The molecule has 0 saturated carbocycles. The van der Waals surface area contributed by atoms with E-state index in [1.807, 2.05) is 0 Å². The summed E-state index contributed by atoms with van der Waals surface area (Å²) >= 11 is 3.58. The van der Waals surface area contributed by atoms with Crippen LogP contribution in [0.15, 0.2) is 22.4 Å². The summed E-state index contributed by atoms with van der Waals surface area (Å²) in [6, 6.07) is 6.36. The molecule has 0 bridgehead atoms. The zero-order valence-corrected chi connectivity index (χ0v) is 13.2. The van der Waals surface area contributed by atoms with Crippen LogP contribution in [0.5, 0.6) is 0 Å². The fourth-order valence-corrected chi connectivity index (χ4v) is 2.32. The molecule has 0 aliphatic heterocycles. The van der Waals surface area contributed by atoms with Gasteiger partial charge in [0.25, 0.3) is 0 Å². The summed E-state index contributed by atoms with van der Waals surface area (Å²) < 4.78 is 3.54. The summed E-state index contributed by atoms with van der Waals surface area (Å²) in [5, 5.41) is 0. The third-order valence-corrected chi connectivity index (χ3v) is 4.23. The zero-order chi connectivity index (χ0) is 10.6. The summed E-state index contributed by atoms with van der Waals surface area (Å²) in [4.78, 5) is 0. The molecular weight excluding hydrogens is 337 g/mol. The van der Waals surface area contributed by atoms with Crippen molar-refractivity contribution in [2.24, 2.45) is 7.05 Å². The van der Waals surface area contributed by atoms with Gasteiger partial charge in [0, 0.05) is 29.4 Å². The second kappa shape index (κ2) is 7.57. The summed E-state index contributed by atoms with van der Waals surface area (Å²) in [5.41, 5.74) is 2.53. The molecule has 15 heavy (non-hydrogen) atoms. The fraction of sp³-hybridized carbons (Fsp3) is 0.364. The topological polar surface area (TPSA) is 3.88 Å². The second-order valence-electron chi connectivity index (χ2n) is 3.02. The maximum absolute atomic E-state index is 2.22. The Morgan fingerprint density at radius 3 is 2.40 bits per heavy atom. The summed E-state index contributed by atoms with van der Waals surface area (Å²) in [6.45, 7) is 2.12. The average Bonchev–Trinajstić information content (AvgIpc) is 2.20. The monoisotopic (exact) mass is 353 g/mol. The SMILES string of the molecule is CSC(=Cc1cccc(C)[n+]1C)SC.[I-]. The van der Waals surface area contributed by atoms with Crippen molar-refractivity contribution < 1.29 is 28.5 Å². The lowest BCUT2D eigenvalue weighted by Gasteiger charge is -2.00. The highest BCUT2D eigenvalue weighted by Gasteiger charge is 2.06. The molecule has 0 N–H and O–H groups in total. The molecule has 0 aliphatic rings. The molecule has 0 spiro atoms. The van der Waals surface area contributed by atoms with Crippen LogP contribution < -0.4 is 28.5 Å². The highest BCUT2D eigenvalue weighted by Crippen LogP contribution is 2.25. The van der Waals surface area contributed by atoms with Gasteiger partial charge < -0.3 is 24.0 Å². The van der Waals surface area contributed by atoms with Crippen LogP contribution in [0.25, 0.3) is 6.08 Å². The van der Waals surface area contributed by atoms with Gasteiger partial charge in [0.05, 0.1) is 0 Å². The van der Waals surface area contributed by atoms with E-state index in [2.05, 4.69) is 55.3 Å². The minimum Gasteiger partial charge on any atom is -1.00 e. The van der Waals surface area contributed by atoms with Gasteiger partial charge in [0.1, 0.15) is 7.05 Å². The van der Waals surface area contributed by atoms with Crippen molar-refractivity contribution in [1.29, 1.82) is 0 Å². The average molecular weight is 353 g/mol. The van der Waals surface area contributed by atoms with E-state index in [1.165, 1.54) is 15.6 Å². The lowest BCUT2D eigenvalue weighted by molar-refractivity contribution is -0.679. The van der Waals surface area contributed by atoms with Crippen molar-refractivity contribution in [1.82, 2.24) is 0 Å². The van der Waals surface area contributed by atoms with Gasteiger partial charge in [-0.25, -0.2) is 0 Å². The molecule has 84 valence electrons. The predicted octanol–water partition coefficient (Wildman–Crippen LogP) is -0.152. The maximum Gasteiger partial charge on any atom is 0.206 e. The van der Waals surface area contributed by atoms with E-state index in [4.69, 9.17) is 0 Å². The first kappa shape index (κ1) is 15.3. The number of pyridine rings is 1. The summed E-state index contributed by atoms with van der Waals surface area (Å²) in [6.07, 6.45) is 6.44. The molecule has 4 heteroatoms. The second-order valence-corrected chi connectivity index (χ2v) is 4.98. The van der Waals surface area contributed by atoms with E-state index in [1.54, 1.807) is 23.5 Å². The largest absolute Gasteiger partial charge is 1.00 e. The van der Waals surface area contributed by atoms with Crippen molar-refractivity contribution in [2.75, 3.05) is 12.5 Å². The number of thioether (sulfide) groups is 2. The van der Waals surface area contributed by atoms with E-state index in [-0.39, 0.29) is 24.0 Å². The van der Waals surface area contributed by atoms with Gasteiger partial charge in [-0.2, -0.15) is 4.57 Å². The van der Waals surface area contributed by atoms with E-state index in [9.17, 15) is 0 Å². The highest BCUT2D eigenvalue weighted by atomic mass is 127. The van der Waals surface area contributed by atoms with Crippen molar-refractivity contribution in [3.63, 3.8) is 0 Å². The van der Waals surface area contributed by atoms with Crippen LogP contribution in [-0.4, -0.2) is 12.5 Å². The molecule has 0 unspecified atom stereocenters. The minimum absolute atomic E-state index is 0. The summed E-state index contributed by atoms with van der Waals surface area (Å²) in [7, 11) is 2.10. The van der Waals surface area contributed by atoms with E-state index >= 15 is 0 Å². The first-order valence-corrected chi connectivity index (χ1v) is 6.89. The molecular formula is C11H16INS2. The standard InChI is InChI=1S/C11H16NS2.HI/c1-9-6-5-7-10(12(9)2)8-11(13-3)14-4;/h5-8H,1-4H3;1H/q+1;/p-1. The molecule has 0 atom stereocenters.